The van der Waals surface area contributed by atoms with E-state index in [4.69, 9.17) is 4.98 Å². The fourth-order valence-corrected chi connectivity index (χ4v) is 2.86. The molecular weight excluding hydrogens is 260 g/mol. The largest absolute Gasteiger partial charge is 0.373 e. The summed E-state index contributed by atoms with van der Waals surface area (Å²) in [6, 6.07) is 2.07. The van der Waals surface area contributed by atoms with E-state index in [1.165, 1.54) is 12.8 Å². The van der Waals surface area contributed by atoms with E-state index in [1.54, 1.807) is 0 Å². The van der Waals surface area contributed by atoms with E-state index in [9.17, 15) is 0 Å². The van der Waals surface area contributed by atoms with Crippen molar-refractivity contribution in [3.05, 3.63) is 11.9 Å². The standard InChI is InChI=1S/C17H30N4/c1-12(2)13-7-9-21(10-8-13)15-11-14(18-6)19-16(20-15)17(3,4)5/h11-13H,7-10H2,1-6H3,(H,18,19,20). The van der Waals surface area contributed by atoms with Crippen LogP contribution in [0.1, 0.15) is 53.3 Å². The molecular formula is C17H30N4. The van der Waals surface area contributed by atoms with Gasteiger partial charge in [0.05, 0.1) is 0 Å². The molecule has 0 aromatic carbocycles. The Bertz CT molecular complexity index is 468. The van der Waals surface area contributed by atoms with Crippen LogP contribution in [0.5, 0.6) is 0 Å². The van der Waals surface area contributed by atoms with Crippen LogP contribution in [0.4, 0.5) is 11.6 Å². The fourth-order valence-electron chi connectivity index (χ4n) is 2.86. The number of nitrogens with zero attached hydrogens (tertiary/aromatic N) is 3. The van der Waals surface area contributed by atoms with Gasteiger partial charge >= 0.3 is 0 Å². The van der Waals surface area contributed by atoms with Gasteiger partial charge in [0.1, 0.15) is 17.5 Å². The minimum Gasteiger partial charge on any atom is -0.373 e. The van der Waals surface area contributed by atoms with Crippen molar-refractivity contribution < 1.29 is 0 Å². The zero-order valence-corrected chi connectivity index (χ0v) is 14.4. The molecule has 0 radical (unpaired) electrons. The maximum atomic E-state index is 4.82. The third-order valence-electron chi connectivity index (χ3n) is 4.45. The molecule has 1 aliphatic rings. The number of hydrogen-bond donors (Lipinski definition) is 1. The van der Waals surface area contributed by atoms with Gasteiger partial charge in [-0.3, -0.25) is 0 Å². The minimum absolute atomic E-state index is 0.0299. The highest BCUT2D eigenvalue weighted by Crippen LogP contribution is 2.29. The zero-order valence-electron chi connectivity index (χ0n) is 14.4. The lowest BCUT2D eigenvalue weighted by atomic mass is 9.87. The molecule has 0 unspecified atom stereocenters. The SMILES string of the molecule is CNc1cc(N2CCC(C(C)C)CC2)nc(C(C)(C)C)n1. The molecule has 118 valence electrons. The molecule has 2 heterocycles. The van der Waals surface area contributed by atoms with Gasteiger partial charge in [-0.1, -0.05) is 34.6 Å². The van der Waals surface area contributed by atoms with E-state index < -0.39 is 0 Å². The predicted octanol–water partition coefficient (Wildman–Crippen LogP) is 3.69. The Balaban J connectivity index is 2.20. The van der Waals surface area contributed by atoms with Gasteiger partial charge < -0.3 is 10.2 Å². The third kappa shape index (κ3) is 3.86. The molecule has 0 bridgehead atoms. The maximum Gasteiger partial charge on any atom is 0.138 e. The molecule has 1 aliphatic heterocycles. The van der Waals surface area contributed by atoms with Crippen molar-refractivity contribution in [1.29, 1.82) is 0 Å². The molecule has 0 atom stereocenters. The van der Waals surface area contributed by atoms with Crippen LogP contribution in [0.25, 0.3) is 0 Å². The monoisotopic (exact) mass is 290 g/mol. The molecule has 1 fully saturated rings. The van der Waals surface area contributed by atoms with Crippen LogP contribution in [0.3, 0.4) is 0 Å². The molecule has 2 rings (SSSR count). The molecule has 4 nitrogen and oxygen atoms in total. The lowest BCUT2D eigenvalue weighted by Crippen LogP contribution is -2.36. The normalized spacial score (nSPS) is 17.4. The zero-order chi connectivity index (χ0) is 15.6. The minimum atomic E-state index is -0.0299. The molecule has 1 aromatic heterocycles. The highest BCUT2D eigenvalue weighted by molar-refractivity contribution is 5.50. The summed E-state index contributed by atoms with van der Waals surface area (Å²) in [5.41, 5.74) is -0.0299. The van der Waals surface area contributed by atoms with E-state index in [0.29, 0.717) is 0 Å². The molecule has 0 amide bonds. The summed E-state index contributed by atoms with van der Waals surface area (Å²) in [5, 5.41) is 3.17. The Morgan fingerprint density at radius 2 is 1.81 bits per heavy atom. The van der Waals surface area contributed by atoms with Crippen molar-refractivity contribution in [3.63, 3.8) is 0 Å². The molecule has 0 aliphatic carbocycles. The van der Waals surface area contributed by atoms with Crippen LogP contribution >= 0.6 is 0 Å². The van der Waals surface area contributed by atoms with Gasteiger partial charge in [0.15, 0.2) is 0 Å². The molecule has 0 saturated carbocycles. The lowest BCUT2D eigenvalue weighted by Gasteiger charge is -2.35. The second-order valence-corrected chi connectivity index (χ2v) is 7.50. The van der Waals surface area contributed by atoms with E-state index >= 15 is 0 Å². The summed E-state index contributed by atoms with van der Waals surface area (Å²) in [6.07, 6.45) is 2.53. The summed E-state index contributed by atoms with van der Waals surface area (Å²) in [6.45, 7) is 13.4. The van der Waals surface area contributed by atoms with Crippen LogP contribution in [-0.2, 0) is 5.41 Å². The first-order chi connectivity index (χ1) is 9.81. The number of piperidine rings is 1. The number of anilines is 2. The molecule has 1 N–H and O–H groups in total. The van der Waals surface area contributed by atoms with Crippen molar-refractivity contribution >= 4 is 11.6 Å². The molecule has 0 spiro atoms. The Morgan fingerprint density at radius 3 is 2.29 bits per heavy atom. The Kier molecular flexibility index (Phi) is 4.74. The number of rotatable bonds is 3. The summed E-state index contributed by atoms with van der Waals surface area (Å²) < 4.78 is 0. The highest BCUT2D eigenvalue weighted by Gasteiger charge is 2.25. The quantitative estimate of drug-likeness (QED) is 0.922. The fraction of sp³-hybridized carbons (Fsp3) is 0.765. The lowest BCUT2D eigenvalue weighted by molar-refractivity contribution is 0.310. The smallest absolute Gasteiger partial charge is 0.138 e. The van der Waals surface area contributed by atoms with Crippen molar-refractivity contribution in [1.82, 2.24) is 9.97 Å². The summed E-state index contributed by atoms with van der Waals surface area (Å²) in [7, 11) is 1.92. The van der Waals surface area contributed by atoms with E-state index in [2.05, 4.69) is 55.9 Å². The van der Waals surface area contributed by atoms with Crippen LogP contribution in [0.15, 0.2) is 6.07 Å². The highest BCUT2D eigenvalue weighted by atomic mass is 15.2. The topological polar surface area (TPSA) is 41.0 Å². The van der Waals surface area contributed by atoms with Gasteiger partial charge in [0.25, 0.3) is 0 Å². The predicted molar refractivity (Wildman–Crippen MR) is 90.1 cm³/mol. The number of hydrogen-bond acceptors (Lipinski definition) is 4. The molecule has 1 saturated heterocycles. The Labute approximate surface area is 129 Å². The van der Waals surface area contributed by atoms with Crippen LogP contribution < -0.4 is 10.2 Å². The Morgan fingerprint density at radius 1 is 1.19 bits per heavy atom. The third-order valence-corrected chi connectivity index (χ3v) is 4.45. The molecule has 4 heteroatoms. The second-order valence-electron chi connectivity index (χ2n) is 7.50. The van der Waals surface area contributed by atoms with Gasteiger partial charge in [0.2, 0.25) is 0 Å². The van der Waals surface area contributed by atoms with Crippen LogP contribution in [0, 0.1) is 11.8 Å². The first-order valence-corrected chi connectivity index (χ1v) is 8.13. The molecule has 21 heavy (non-hydrogen) atoms. The van der Waals surface area contributed by atoms with Crippen molar-refractivity contribution in [2.45, 2.75) is 52.9 Å². The average molecular weight is 290 g/mol. The summed E-state index contributed by atoms with van der Waals surface area (Å²) >= 11 is 0. The van der Waals surface area contributed by atoms with Gasteiger partial charge in [-0.25, -0.2) is 9.97 Å². The van der Waals surface area contributed by atoms with Crippen molar-refractivity contribution in [3.8, 4) is 0 Å². The first-order valence-electron chi connectivity index (χ1n) is 8.13. The second kappa shape index (κ2) is 6.20. The van der Waals surface area contributed by atoms with Crippen molar-refractivity contribution in [2.75, 3.05) is 30.4 Å². The summed E-state index contributed by atoms with van der Waals surface area (Å²) in [5.74, 6) is 4.54. The number of nitrogens with one attached hydrogen (secondary N) is 1. The van der Waals surface area contributed by atoms with Crippen molar-refractivity contribution in [2.24, 2.45) is 11.8 Å². The van der Waals surface area contributed by atoms with E-state index in [0.717, 1.165) is 42.4 Å². The van der Waals surface area contributed by atoms with Crippen LogP contribution in [0.2, 0.25) is 0 Å². The maximum absolute atomic E-state index is 4.82. The van der Waals surface area contributed by atoms with Gasteiger partial charge in [-0.2, -0.15) is 0 Å². The molecule has 1 aromatic rings. The van der Waals surface area contributed by atoms with E-state index in [1.807, 2.05) is 7.05 Å². The van der Waals surface area contributed by atoms with Gasteiger partial charge in [0, 0.05) is 31.6 Å². The van der Waals surface area contributed by atoms with E-state index in [-0.39, 0.29) is 5.41 Å². The van der Waals surface area contributed by atoms with Gasteiger partial charge in [-0.15, -0.1) is 0 Å². The van der Waals surface area contributed by atoms with Crippen LogP contribution in [-0.4, -0.2) is 30.1 Å². The average Bonchev–Trinajstić information content (AvgIpc) is 2.46. The Hall–Kier alpha value is -1.32. The summed E-state index contributed by atoms with van der Waals surface area (Å²) in [4.78, 5) is 11.8. The number of aromatic nitrogens is 2. The first kappa shape index (κ1) is 16.1. The van der Waals surface area contributed by atoms with Gasteiger partial charge in [-0.05, 0) is 24.7 Å².